The third-order valence-corrected chi connectivity index (χ3v) is 2.28. The number of aromatic nitrogens is 2. The normalized spacial score (nSPS) is 11.2. The molecule has 0 saturated carbocycles. The molecule has 0 aliphatic carbocycles. The van der Waals surface area contributed by atoms with Crippen LogP contribution in [-0.2, 0) is 20.0 Å². The summed E-state index contributed by atoms with van der Waals surface area (Å²) >= 11 is 0. The number of rotatable bonds is 3. The number of hydrogen-bond donors (Lipinski definition) is 0. The fourth-order valence-electron chi connectivity index (χ4n) is 1.71. The van der Waals surface area contributed by atoms with E-state index in [-0.39, 0.29) is 0 Å². The molecular formula is C10H19N3. The summed E-state index contributed by atoms with van der Waals surface area (Å²) in [4.78, 5) is 2.18. The highest BCUT2D eigenvalue weighted by Gasteiger charge is 2.11. The number of aryl methyl sites for hydroxylation is 2. The first-order valence-electron chi connectivity index (χ1n) is 4.72. The lowest BCUT2D eigenvalue weighted by Crippen LogP contribution is -2.12. The first kappa shape index (κ1) is 10.3. The third-order valence-electron chi connectivity index (χ3n) is 2.28. The van der Waals surface area contributed by atoms with Gasteiger partial charge in [-0.3, -0.25) is 4.68 Å². The second kappa shape index (κ2) is 3.92. The Morgan fingerprint density at radius 3 is 2.46 bits per heavy atom. The minimum Gasteiger partial charge on any atom is -0.305 e. The Labute approximate surface area is 80.4 Å². The fraction of sp³-hybridized carbons (Fsp3) is 0.700. The molecule has 1 aromatic heterocycles. The monoisotopic (exact) mass is 181 g/mol. The van der Waals surface area contributed by atoms with Crippen LogP contribution >= 0.6 is 0 Å². The lowest BCUT2D eigenvalue weighted by molar-refractivity contribution is 0.399. The van der Waals surface area contributed by atoms with Crippen molar-refractivity contribution in [1.82, 2.24) is 14.7 Å². The lowest BCUT2D eigenvalue weighted by atomic mass is 10.1. The molecule has 0 N–H and O–H groups in total. The van der Waals surface area contributed by atoms with Crippen molar-refractivity contribution >= 4 is 0 Å². The smallest absolute Gasteiger partial charge is 0.0641 e. The van der Waals surface area contributed by atoms with Crippen molar-refractivity contribution in [3.63, 3.8) is 0 Å². The molecule has 74 valence electrons. The zero-order valence-corrected chi connectivity index (χ0v) is 9.26. The van der Waals surface area contributed by atoms with Crippen LogP contribution in [0.15, 0.2) is 0 Å². The highest BCUT2D eigenvalue weighted by molar-refractivity contribution is 5.25. The van der Waals surface area contributed by atoms with Gasteiger partial charge < -0.3 is 4.90 Å². The van der Waals surface area contributed by atoms with Crippen molar-refractivity contribution < 1.29 is 0 Å². The average molecular weight is 181 g/mol. The van der Waals surface area contributed by atoms with E-state index in [1.54, 1.807) is 0 Å². The highest BCUT2D eigenvalue weighted by Crippen LogP contribution is 2.14. The second-order valence-electron chi connectivity index (χ2n) is 3.73. The minimum atomic E-state index is 0.989. The Balaban J connectivity index is 3.02. The molecule has 0 bridgehead atoms. The van der Waals surface area contributed by atoms with Crippen LogP contribution < -0.4 is 0 Å². The molecule has 0 amide bonds. The maximum Gasteiger partial charge on any atom is 0.0641 e. The van der Waals surface area contributed by atoms with Crippen molar-refractivity contribution in [2.75, 3.05) is 14.1 Å². The summed E-state index contributed by atoms with van der Waals surface area (Å²) in [6.07, 6.45) is 1.06. The topological polar surface area (TPSA) is 21.1 Å². The molecule has 13 heavy (non-hydrogen) atoms. The van der Waals surface area contributed by atoms with Crippen molar-refractivity contribution in [1.29, 1.82) is 0 Å². The summed E-state index contributed by atoms with van der Waals surface area (Å²) in [7, 11) is 6.20. The molecule has 3 heteroatoms. The van der Waals surface area contributed by atoms with Gasteiger partial charge >= 0.3 is 0 Å². The van der Waals surface area contributed by atoms with Gasteiger partial charge in [0.25, 0.3) is 0 Å². The molecule has 0 aliphatic heterocycles. The molecule has 0 aromatic carbocycles. The van der Waals surface area contributed by atoms with E-state index in [4.69, 9.17) is 0 Å². The first-order chi connectivity index (χ1) is 6.06. The van der Waals surface area contributed by atoms with Crippen LogP contribution in [0.1, 0.15) is 23.9 Å². The van der Waals surface area contributed by atoms with Gasteiger partial charge in [-0.1, -0.05) is 6.92 Å². The van der Waals surface area contributed by atoms with E-state index in [0.29, 0.717) is 0 Å². The number of nitrogens with zero attached hydrogens (tertiary/aromatic N) is 3. The van der Waals surface area contributed by atoms with E-state index < -0.39 is 0 Å². The zero-order valence-electron chi connectivity index (χ0n) is 9.26. The average Bonchev–Trinajstić information content (AvgIpc) is 2.26. The van der Waals surface area contributed by atoms with Crippen LogP contribution in [0.25, 0.3) is 0 Å². The molecule has 0 saturated heterocycles. The van der Waals surface area contributed by atoms with E-state index in [9.17, 15) is 0 Å². The van der Waals surface area contributed by atoms with Crippen LogP contribution in [-0.4, -0.2) is 28.8 Å². The van der Waals surface area contributed by atoms with Gasteiger partial charge in [-0.05, 0) is 27.4 Å². The van der Waals surface area contributed by atoms with E-state index in [1.165, 1.54) is 11.3 Å². The summed E-state index contributed by atoms with van der Waals surface area (Å²) in [5, 5.41) is 4.42. The van der Waals surface area contributed by atoms with Gasteiger partial charge in [0.1, 0.15) is 0 Å². The van der Waals surface area contributed by atoms with E-state index in [1.807, 2.05) is 11.7 Å². The van der Waals surface area contributed by atoms with Gasteiger partial charge in [-0.2, -0.15) is 5.10 Å². The molecule has 0 fully saturated rings. The molecule has 0 atom stereocenters. The summed E-state index contributed by atoms with van der Waals surface area (Å²) in [6, 6.07) is 0. The Bertz CT molecular complexity index is 287. The molecule has 1 rings (SSSR count). The van der Waals surface area contributed by atoms with Crippen LogP contribution in [0.4, 0.5) is 0 Å². The lowest BCUT2D eigenvalue weighted by Gasteiger charge is -2.10. The summed E-state index contributed by atoms with van der Waals surface area (Å²) in [5.74, 6) is 0. The highest BCUT2D eigenvalue weighted by atomic mass is 15.3. The second-order valence-corrected chi connectivity index (χ2v) is 3.73. The molecule has 3 nitrogen and oxygen atoms in total. The predicted molar refractivity (Wildman–Crippen MR) is 54.7 cm³/mol. The van der Waals surface area contributed by atoms with Crippen LogP contribution in [0.2, 0.25) is 0 Å². The largest absolute Gasteiger partial charge is 0.305 e. The quantitative estimate of drug-likeness (QED) is 0.702. The van der Waals surface area contributed by atoms with Gasteiger partial charge in [0.2, 0.25) is 0 Å². The van der Waals surface area contributed by atoms with Crippen molar-refractivity contribution in [3.8, 4) is 0 Å². The van der Waals surface area contributed by atoms with E-state index in [0.717, 1.165) is 18.7 Å². The Morgan fingerprint density at radius 1 is 1.38 bits per heavy atom. The SMILES string of the molecule is CCc1c(CN(C)C)c(C)nn1C. The van der Waals surface area contributed by atoms with Crippen LogP contribution in [0, 0.1) is 6.92 Å². The van der Waals surface area contributed by atoms with Gasteiger partial charge in [0, 0.05) is 24.8 Å². The van der Waals surface area contributed by atoms with Crippen molar-refractivity contribution in [2.24, 2.45) is 7.05 Å². The molecule has 0 unspecified atom stereocenters. The molecule has 0 radical (unpaired) electrons. The van der Waals surface area contributed by atoms with Gasteiger partial charge in [-0.25, -0.2) is 0 Å². The maximum atomic E-state index is 4.42. The summed E-state index contributed by atoms with van der Waals surface area (Å²) in [5.41, 5.74) is 3.90. The number of hydrogen-bond acceptors (Lipinski definition) is 2. The first-order valence-corrected chi connectivity index (χ1v) is 4.72. The Kier molecular flexibility index (Phi) is 3.09. The van der Waals surface area contributed by atoms with Crippen molar-refractivity contribution in [3.05, 3.63) is 17.0 Å². The molecule has 0 aliphatic rings. The summed E-state index contributed by atoms with van der Waals surface area (Å²) < 4.78 is 1.99. The standard InChI is InChI=1S/C10H19N3/c1-6-10-9(7-12(3)4)8(2)11-13(10)5/h6-7H2,1-5H3. The molecule has 1 heterocycles. The van der Waals surface area contributed by atoms with Gasteiger partial charge in [-0.15, -0.1) is 0 Å². The molecule has 0 spiro atoms. The molecule has 1 aromatic rings. The predicted octanol–water partition coefficient (Wildman–Crippen LogP) is 1.35. The Morgan fingerprint density at radius 2 is 2.00 bits per heavy atom. The zero-order chi connectivity index (χ0) is 10.0. The maximum absolute atomic E-state index is 4.42. The van der Waals surface area contributed by atoms with Crippen LogP contribution in [0.3, 0.4) is 0 Å². The summed E-state index contributed by atoms with van der Waals surface area (Å²) in [6.45, 7) is 5.25. The van der Waals surface area contributed by atoms with Crippen LogP contribution in [0.5, 0.6) is 0 Å². The van der Waals surface area contributed by atoms with Gasteiger partial charge in [0.05, 0.1) is 5.69 Å². The third kappa shape index (κ3) is 2.10. The molecular weight excluding hydrogens is 162 g/mol. The minimum absolute atomic E-state index is 0.989. The fourth-order valence-corrected chi connectivity index (χ4v) is 1.71. The van der Waals surface area contributed by atoms with Gasteiger partial charge in [0.15, 0.2) is 0 Å². The van der Waals surface area contributed by atoms with E-state index >= 15 is 0 Å². The van der Waals surface area contributed by atoms with E-state index in [2.05, 4.69) is 37.9 Å². The van der Waals surface area contributed by atoms with Crippen molar-refractivity contribution in [2.45, 2.75) is 26.8 Å². The Hall–Kier alpha value is -0.830.